The van der Waals surface area contributed by atoms with E-state index in [2.05, 4.69) is 0 Å². The number of hydrogen-bond acceptors (Lipinski definition) is 5. The summed E-state index contributed by atoms with van der Waals surface area (Å²) in [6.07, 6.45) is 4.12. The second-order valence-corrected chi connectivity index (χ2v) is 6.86. The van der Waals surface area contributed by atoms with E-state index in [9.17, 15) is 14.7 Å². The molecule has 1 N–H and O–H groups in total. The molecule has 1 aromatic heterocycles. The van der Waals surface area contributed by atoms with E-state index in [0.717, 1.165) is 24.0 Å². The third-order valence-electron chi connectivity index (χ3n) is 5.16. The molecule has 2 aromatic carbocycles. The predicted molar refractivity (Wildman–Crippen MR) is 110 cm³/mol. The summed E-state index contributed by atoms with van der Waals surface area (Å²) in [7, 11) is 3.17. The van der Waals surface area contributed by atoms with Crippen molar-refractivity contribution in [3.05, 3.63) is 69.1 Å². The van der Waals surface area contributed by atoms with Crippen LogP contribution >= 0.6 is 0 Å². The van der Waals surface area contributed by atoms with Crippen LogP contribution in [0.5, 0.6) is 11.5 Å². The Morgan fingerprint density at radius 3 is 2.69 bits per heavy atom. The molecule has 1 aliphatic rings. The fraction of sp³-hybridized carbons (Fsp3) is 0.217. The number of fused-ring (bicyclic) bond motifs is 2. The normalized spacial score (nSPS) is 14.6. The van der Waals surface area contributed by atoms with Gasteiger partial charge in [0, 0.05) is 11.1 Å². The van der Waals surface area contributed by atoms with Crippen molar-refractivity contribution in [2.75, 3.05) is 14.2 Å². The summed E-state index contributed by atoms with van der Waals surface area (Å²) in [5.74, 6) is 0.722. The molecule has 0 unspecified atom stereocenters. The summed E-state index contributed by atoms with van der Waals surface area (Å²) >= 11 is 0. The lowest BCUT2D eigenvalue weighted by molar-refractivity contribution is 0.0697. The smallest absolute Gasteiger partial charge is 0.335 e. The van der Waals surface area contributed by atoms with Crippen LogP contribution in [0, 0.1) is 0 Å². The van der Waals surface area contributed by atoms with Crippen LogP contribution in [0.25, 0.3) is 22.6 Å². The molecule has 1 aliphatic carbocycles. The molecule has 0 fully saturated rings. The van der Waals surface area contributed by atoms with E-state index in [-0.39, 0.29) is 11.0 Å². The highest BCUT2D eigenvalue weighted by atomic mass is 16.5. The quantitative estimate of drug-likeness (QED) is 0.709. The molecular formula is C23H20O6. The van der Waals surface area contributed by atoms with Crippen LogP contribution in [0.15, 0.2) is 45.6 Å². The summed E-state index contributed by atoms with van der Waals surface area (Å²) in [6.45, 7) is 0. The van der Waals surface area contributed by atoms with Crippen LogP contribution in [0.3, 0.4) is 0 Å². The summed E-state index contributed by atoms with van der Waals surface area (Å²) < 4.78 is 17.0. The van der Waals surface area contributed by atoms with Crippen LogP contribution in [-0.2, 0) is 6.42 Å². The summed E-state index contributed by atoms with van der Waals surface area (Å²) in [4.78, 5) is 24.3. The highest BCUT2D eigenvalue weighted by molar-refractivity contribution is 5.94. The van der Waals surface area contributed by atoms with Crippen LogP contribution in [0.1, 0.15) is 40.1 Å². The molecular weight excluding hydrogens is 372 g/mol. The standard InChI is InChI=1S/C23H20O6/c1-27-19-8-4-6-14(22(19)28-2)11-13-5-3-7-16-20(24)17-12-15(23(25)26)9-10-18(17)29-21(13)16/h4,6,8-12H,3,5,7H2,1-2H3,(H,25,26)/b13-11+. The predicted octanol–water partition coefficient (Wildman–Crippen LogP) is 4.39. The van der Waals surface area contributed by atoms with E-state index >= 15 is 0 Å². The van der Waals surface area contributed by atoms with Crippen molar-refractivity contribution >= 4 is 28.6 Å². The number of hydrogen-bond donors (Lipinski definition) is 1. The van der Waals surface area contributed by atoms with Gasteiger partial charge in [-0.25, -0.2) is 4.79 Å². The van der Waals surface area contributed by atoms with Crippen LogP contribution in [-0.4, -0.2) is 25.3 Å². The Hall–Kier alpha value is -3.54. The van der Waals surface area contributed by atoms with E-state index < -0.39 is 5.97 Å². The third kappa shape index (κ3) is 3.27. The van der Waals surface area contributed by atoms with E-state index in [1.807, 2.05) is 24.3 Å². The zero-order valence-corrected chi connectivity index (χ0v) is 16.2. The molecule has 0 atom stereocenters. The first kappa shape index (κ1) is 18.8. The Kier molecular flexibility index (Phi) is 4.84. The topological polar surface area (TPSA) is 86.0 Å². The number of carboxylic acid groups (broad SMARTS) is 1. The number of rotatable bonds is 4. The number of ether oxygens (including phenoxy) is 2. The second-order valence-electron chi connectivity index (χ2n) is 6.86. The van der Waals surface area contributed by atoms with Gasteiger partial charge in [0.25, 0.3) is 0 Å². The first-order chi connectivity index (χ1) is 14.0. The van der Waals surface area contributed by atoms with Crippen molar-refractivity contribution in [3.8, 4) is 11.5 Å². The fourth-order valence-electron chi connectivity index (χ4n) is 3.77. The molecule has 6 nitrogen and oxygen atoms in total. The van der Waals surface area contributed by atoms with Gasteiger partial charge >= 0.3 is 5.97 Å². The number of carbonyl (C=O) groups is 1. The minimum absolute atomic E-state index is 0.0671. The maximum absolute atomic E-state index is 13.0. The molecule has 0 spiro atoms. The SMILES string of the molecule is COc1cccc(/C=C2\CCCc3c2oc2ccc(C(=O)O)cc2c3=O)c1OC. The van der Waals surface area contributed by atoms with Gasteiger partial charge in [-0.05, 0) is 55.2 Å². The third-order valence-corrected chi connectivity index (χ3v) is 5.16. The molecule has 0 saturated heterocycles. The van der Waals surface area contributed by atoms with E-state index in [4.69, 9.17) is 13.9 Å². The van der Waals surface area contributed by atoms with Crippen molar-refractivity contribution in [2.24, 2.45) is 0 Å². The Bertz CT molecular complexity index is 1200. The zero-order valence-electron chi connectivity index (χ0n) is 16.2. The first-order valence-electron chi connectivity index (χ1n) is 9.28. The van der Waals surface area contributed by atoms with E-state index in [0.29, 0.717) is 40.2 Å². The number of aromatic carboxylic acids is 1. The molecule has 6 heteroatoms. The molecule has 4 rings (SSSR count). The summed E-state index contributed by atoms with van der Waals surface area (Å²) in [6, 6.07) is 9.98. The summed E-state index contributed by atoms with van der Waals surface area (Å²) in [5.41, 5.74) is 2.59. The van der Waals surface area contributed by atoms with E-state index in [1.54, 1.807) is 20.3 Å². The maximum Gasteiger partial charge on any atom is 0.335 e. The lowest BCUT2D eigenvalue weighted by Crippen LogP contribution is -2.16. The average molecular weight is 392 g/mol. The van der Waals surface area contributed by atoms with Gasteiger partial charge in [-0.2, -0.15) is 0 Å². The number of methoxy groups -OCH3 is 2. The van der Waals surface area contributed by atoms with Crippen LogP contribution in [0.2, 0.25) is 0 Å². The minimum Gasteiger partial charge on any atom is -0.493 e. The Balaban J connectivity index is 1.91. The molecule has 0 radical (unpaired) electrons. The Labute approximate surface area is 167 Å². The van der Waals surface area contributed by atoms with Crippen molar-refractivity contribution in [3.63, 3.8) is 0 Å². The molecule has 0 bridgehead atoms. The number of allylic oxidation sites excluding steroid dienone is 1. The van der Waals surface area contributed by atoms with Crippen LogP contribution < -0.4 is 14.9 Å². The Morgan fingerprint density at radius 1 is 1.14 bits per heavy atom. The molecule has 3 aromatic rings. The Morgan fingerprint density at radius 2 is 1.97 bits per heavy atom. The van der Waals surface area contributed by atoms with Gasteiger partial charge in [0.15, 0.2) is 16.9 Å². The highest BCUT2D eigenvalue weighted by Gasteiger charge is 2.23. The van der Waals surface area contributed by atoms with E-state index in [1.165, 1.54) is 12.1 Å². The fourth-order valence-corrected chi connectivity index (χ4v) is 3.77. The van der Waals surface area contributed by atoms with Crippen molar-refractivity contribution < 1.29 is 23.8 Å². The zero-order chi connectivity index (χ0) is 20.5. The van der Waals surface area contributed by atoms with Gasteiger partial charge in [0.05, 0.1) is 25.2 Å². The van der Waals surface area contributed by atoms with Gasteiger partial charge in [-0.3, -0.25) is 4.79 Å². The lowest BCUT2D eigenvalue weighted by atomic mass is 9.90. The molecule has 29 heavy (non-hydrogen) atoms. The minimum atomic E-state index is -1.07. The molecule has 0 aliphatic heterocycles. The van der Waals surface area contributed by atoms with Gasteiger partial charge < -0.3 is 19.0 Å². The monoisotopic (exact) mass is 392 g/mol. The van der Waals surface area contributed by atoms with Crippen molar-refractivity contribution in [2.45, 2.75) is 19.3 Å². The number of carboxylic acids is 1. The van der Waals surface area contributed by atoms with Gasteiger partial charge in [0.1, 0.15) is 11.3 Å². The lowest BCUT2D eigenvalue weighted by Gasteiger charge is -2.19. The van der Waals surface area contributed by atoms with Gasteiger partial charge in [0.2, 0.25) is 0 Å². The largest absolute Gasteiger partial charge is 0.493 e. The maximum atomic E-state index is 13.0. The van der Waals surface area contributed by atoms with Gasteiger partial charge in [-0.15, -0.1) is 0 Å². The second kappa shape index (κ2) is 7.47. The first-order valence-corrected chi connectivity index (χ1v) is 9.28. The van der Waals surface area contributed by atoms with Crippen molar-refractivity contribution in [1.29, 1.82) is 0 Å². The highest BCUT2D eigenvalue weighted by Crippen LogP contribution is 2.37. The molecule has 1 heterocycles. The number of para-hydroxylation sites is 1. The van der Waals surface area contributed by atoms with Gasteiger partial charge in [-0.1, -0.05) is 12.1 Å². The van der Waals surface area contributed by atoms with Crippen molar-refractivity contribution in [1.82, 2.24) is 0 Å². The molecule has 0 amide bonds. The number of benzene rings is 2. The van der Waals surface area contributed by atoms with Crippen LogP contribution in [0.4, 0.5) is 0 Å². The molecule has 148 valence electrons. The summed E-state index contributed by atoms with van der Waals surface area (Å²) in [5, 5.41) is 9.50. The average Bonchev–Trinajstić information content (AvgIpc) is 2.74. The molecule has 0 saturated carbocycles.